The molecule has 45 heavy (non-hydrogen) atoms. The molecule has 2 aliphatic heterocycles. The topological polar surface area (TPSA) is 55.9 Å². The highest BCUT2D eigenvalue weighted by molar-refractivity contribution is 5.88. The highest BCUT2D eigenvalue weighted by Crippen LogP contribution is 2.53. The van der Waals surface area contributed by atoms with E-state index in [4.69, 9.17) is 0 Å². The highest BCUT2D eigenvalue weighted by Gasteiger charge is 2.40. The fourth-order valence-corrected chi connectivity index (χ4v) is 7.81. The molecule has 0 saturated carbocycles. The van der Waals surface area contributed by atoms with Gasteiger partial charge in [0.1, 0.15) is 11.6 Å². The lowest BCUT2D eigenvalue weighted by atomic mass is 9.84. The van der Waals surface area contributed by atoms with Crippen molar-refractivity contribution in [3.8, 4) is 44.8 Å². The van der Waals surface area contributed by atoms with Crippen LogP contribution in [0.15, 0.2) is 97.6 Å². The fourth-order valence-electron chi connectivity index (χ4n) is 7.81. The number of aliphatic hydroxyl groups excluding tert-OH is 1. The summed E-state index contributed by atoms with van der Waals surface area (Å²) in [6, 6.07) is 21.3. The molecule has 2 unspecified atom stereocenters. The fraction of sp³-hybridized carbons (Fsp3) is 0.211. The first-order valence-corrected chi connectivity index (χ1v) is 15.5. The minimum absolute atomic E-state index is 0.158. The number of hydrogen-bond donors (Lipinski definition) is 1. The van der Waals surface area contributed by atoms with Crippen LogP contribution in [0.25, 0.3) is 44.8 Å². The predicted molar refractivity (Wildman–Crippen MR) is 171 cm³/mol. The lowest BCUT2D eigenvalue weighted by molar-refractivity contribution is 0.144. The lowest BCUT2D eigenvalue weighted by Crippen LogP contribution is -2.12. The molecule has 7 heteroatoms. The Labute approximate surface area is 260 Å². The van der Waals surface area contributed by atoms with Gasteiger partial charge in [-0.2, -0.15) is 0 Å². The molecule has 4 aromatic heterocycles. The van der Waals surface area contributed by atoms with Gasteiger partial charge in [0.05, 0.1) is 17.5 Å². The maximum Gasteiger partial charge on any atom is 0.123 e. The average molecular weight is 599 g/mol. The van der Waals surface area contributed by atoms with E-state index in [1.54, 1.807) is 24.8 Å². The Morgan fingerprint density at radius 3 is 1.80 bits per heavy atom. The van der Waals surface area contributed by atoms with Crippen molar-refractivity contribution in [3.63, 3.8) is 0 Å². The van der Waals surface area contributed by atoms with Crippen LogP contribution in [0.3, 0.4) is 0 Å². The van der Waals surface area contributed by atoms with E-state index in [-0.39, 0.29) is 17.6 Å². The van der Waals surface area contributed by atoms with Crippen molar-refractivity contribution in [1.82, 2.24) is 19.1 Å². The molecule has 0 aliphatic carbocycles. The highest BCUT2D eigenvalue weighted by atomic mass is 19.1. The molecule has 224 valence electrons. The molecular weight excluding hydrogens is 566 g/mol. The second-order valence-electron chi connectivity index (χ2n) is 12.1. The number of pyridine rings is 2. The number of rotatable bonds is 6. The summed E-state index contributed by atoms with van der Waals surface area (Å²) in [6.45, 7) is 3.71. The summed E-state index contributed by atoms with van der Waals surface area (Å²) in [5.41, 5.74) is 12.3. The van der Waals surface area contributed by atoms with E-state index in [1.165, 1.54) is 24.3 Å². The third kappa shape index (κ3) is 4.45. The van der Waals surface area contributed by atoms with E-state index >= 15 is 0 Å². The first-order valence-electron chi connectivity index (χ1n) is 15.5. The first-order chi connectivity index (χ1) is 22.0. The lowest BCUT2D eigenvalue weighted by Gasteiger charge is -2.22. The van der Waals surface area contributed by atoms with Gasteiger partial charge in [0.2, 0.25) is 0 Å². The van der Waals surface area contributed by atoms with Crippen LogP contribution < -0.4 is 0 Å². The van der Waals surface area contributed by atoms with Crippen molar-refractivity contribution in [2.45, 2.75) is 51.3 Å². The van der Waals surface area contributed by atoms with Gasteiger partial charge in [-0.05, 0) is 127 Å². The number of halogens is 2. The third-order valence-corrected chi connectivity index (χ3v) is 9.63. The summed E-state index contributed by atoms with van der Waals surface area (Å²) in [5, 5.41) is 12.6. The van der Waals surface area contributed by atoms with Gasteiger partial charge < -0.3 is 14.2 Å². The van der Waals surface area contributed by atoms with E-state index in [2.05, 4.69) is 26.0 Å². The summed E-state index contributed by atoms with van der Waals surface area (Å²) >= 11 is 0. The Bertz CT molecular complexity index is 2010. The molecular formula is C38H32F2N4O. The second-order valence-corrected chi connectivity index (χ2v) is 12.1. The largest absolute Gasteiger partial charge is 0.388 e. The smallest absolute Gasteiger partial charge is 0.123 e. The van der Waals surface area contributed by atoms with Gasteiger partial charge in [0, 0.05) is 71.9 Å². The molecule has 6 heterocycles. The monoisotopic (exact) mass is 598 g/mol. The second kappa shape index (κ2) is 10.9. The maximum atomic E-state index is 14.0. The van der Waals surface area contributed by atoms with Crippen LogP contribution in [0.2, 0.25) is 0 Å². The number of hydrogen-bond acceptors (Lipinski definition) is 3. The van der Waals surface area contributed by atoms with Gasteiger partial charge in [-0.1, -0.05) is 0 Å². The van der Waals surface area contributed by atoms with Crippen LogP contribution in [0.5, 0.6) is 0 Å². The van der Waals surface area contributed by atoms with E-state index < -0.39 is 6.10 Å². The van der Waals surface area contributed by atoms with Gasteiger partial charge in [0.25, 0.3) is 0 Å². The zero-order valence-electron chi connectivity index (χ0n) is 24.9. The van der Waals surface area contributed by atoms with Gasteiger partial charge in [-0.25, -0.2) is 8.78 Å². The minimum Gasteiger partial charge on any atom is -0.388 e. The molecule has 0 fully saturated rings. The molecule has 2 aromatic carbocycles. The molecule has 5 nitrogen and oxygen atoms in total. The zero-order chi connectivity index (χ0) is 30.7. The van der Waals surface area contributed by atoms with Crippen molar-refractivity contribution >= 4 is 0 Å². The van der Waals surface area contributed by atoms with Gasteiger partial charge >= 0.3 is 0 Å². The maximum absolute atomic E-state index is 14.0. The van der Waals surface area contributed by atoms with Crippen molar-refractivity contribution in [1.29, 1.82) is 0 Å². The molecule has 0 radical (unpaired) electrons. The summed E-state index contributed by atoms with van der Waals surface area (Å²) in [7, 11) is 0. The van der Waals surface area contributed by atoms with Crippen LogP contribution in [0.1, 0.15) is 47.4 Å². The molecule has 8 rings (SSSR count). The normalized spacial score (nSPS) is 16.1. The van der Waals surface area contributed by atoms with Gasteiger partial charge in [-0.3, -0.25) is 9.97 Å². The quantitative estimate of drug-likeness (QED) is 0.209. The minimum atomic E-state index is -0.775. The number of nitrogens with zero attached hydrogens (tertiary/aromatic N) is 4. The van der Waals surface area contributed by atoms with Crippen LogP contribution in [0.4, 0.5) is 8.78 Å². The standard InChI is InChI=1S/C38H32F2N4O/c1-23-32(24-12-17-41-18-13-24)36(26-4-8-28(39)9-5-26)44-22-16-30(35(23)44)38(45)34-31-3-2-21-43(31)37(27-6-10-29(40)11-7-27)33(34)25-14-19-42-20-15-25/h4-15,17-20,30,38,45H,2-3,16,21-22H2,1H3. The Kier molecular flexibility index (Phi) is 6.72. The van der Waals surface area contributed by atoms with Crippen LogP contribution in [-0.4, -0.2) is 24.2 Å². The van der Waals surface area contributed by atoms with Crippen LogP contribution in [0, 0.1) is 18.6 Å². The zero-order valence-corrected chi connectivity index (χ0v) is 24.9. The Hall–Kier alpha value is -4.88. The Morgan fingerprint density at radius 1 is 0.689 bits per heavy atom. The van der Waals surface area contributed by atoms with Crippen molar-refractivity contribution < 1.29 is 13.9 Å². The molecule has 0 spiro atoms. The van der Waals surface area contributed by atoms with Crippen LogP contribution >= 0.6 is 0 Å². The van der Waals surface area contributed by atoms with Crippen molar-refractivity contribution in [2.24, 2.45) is 0 Å². The van der Waals surface area contributed by atoms with E-state index in [9.17, 15) is 13.9 Å². The molecule has 0 bridgehead atoms. The van der Waals surface area contributed by atoms with E-state index in [1.807, 2.05) is 48.5 Å². The average Bonchev–Trinajstić information content (AvgIpc) is 3.84. The first kappa shape index (κ1) is 27.7. The summed E-state index contributed by atoms with van der Waals surface area (Å²) in [6.07, 6.45) is 8.99. The molecule has 2 aliphatic rings. The number of aliphatic hydroxyl groups is 1. The third-order valence-electron chi connectivity index (χ3n) is 9.63. The van der Waals surface area contributed by atoms with Gasteiger partial charge in [0.15, 0.2) is 0 Å². The Balaban J connectivity index is 1.34. The molecule has 2 atom stereocenters. The SMILES string of the molecule is Cc1c(-c2ccncc2)c(-c2ccc(F)cc2)n2c1C(C(O)c1c(-c3ccncc3)c(-c3ccc(F)cc3)n3c1CCC3)CC2. The van der Waals surface area contributed by atoms with Crippen LogP contribution in [-0.2, 0) is 19.5 Å². The van der Waals surface area contributed by atoms with Crippen molar-refractivity contribution in [3.05, 3.63) is 132 Å². The molecule has 1 N–H and O–H groups in total. The Morgan fingerprint density at radius 2 is 1.22 bits per heavy atom. The molecule has 6 aromatic rings. The predicted octanol–water partition coefficient (Wildman–Crippen LogP) is 8.50. The number of fused-ring (bicyclic) bond motifs is 2. The van der Waals surface area contributed by atoms with Gasteiger partial charge in [-0.15, -0.1) is 0 Å². The van der Waals surface area contributed by atoms with E-state index in [0.29, 0.717) is 0 Å². The molecule has 0 amide bonds. The van der Waals surface area contributed by atoms with Crippen molar-refractivity contribution in [2.75, 3.05) is 0 Å². The molecule has 0 saturated heterocycles. The van der Waals surface area contributed by atoms with E-state index in [0.717, 1.165) is 99.6 Å². The number of aromatic nitrogens is 4. The summed E-state index contributed by atoms with van der Waals surface area (Å²) < 4.78 is 32.7. The summed E-state index contributed by atoms with van der Waals surface area (Å²) in [5.74, 6) is -0.707. The summed E-state index contributed by atoms with van der Waals surface area (Å²) in [4.78, 5) is 8.51. The number of benzene rings is 2.